The van der Waals surface area contributed by atoms with E-state index in [1.807, 2.05) is 18.6 Å². The Kier molecular flexibility index (Phi) is 5.66. The number of hydrogen-bond acceptors (Lipinski definition) is 0. The quantitative estimate of drug-likeness (QED) is 0.477. The number of aryl methyl sites for hydroxylation is 2. The Balaban J connectivity index is 1.77. The Hall–Kier alpha value is -2.47. The summed E-state index contributed by atoms with van der Waals surface area (Å²) in [7, 11) is 0. The van der Waals surface area contributed by atoms with E-state index in [0.717, 1.165) is 0 Å². The summed E-state index contributed by atoms with van der Waals surface area (Å²) in [5, 5.41) is 0. The van der Waals surface area contributed by atoms with Gasteiger partial charge in [-0.25, -0.2) is 0 Å². The second kappa shape index (κ2) is 7.96. The fourth-order valence-electron chi connectivity index (χ4n) is 1.88. The van der Waals surface area contributed by atoms with Gasteiger partial charge < -0.3 is 0 Å². The van der Waals surface area contributed by atoms with Gasteiger partial charge in [-0.1, -0.05) is 47.5 Å². The lowest BCUT2D eigenvalue weighted by Gasteiger charge is -1.92. The molecule has 0 spiro atoms. The highest BCUT2D eigenvalue weighted by Crippen LogP contribution is 2.06. The monoisotopic (exact) mass is 273 g/mol. The highest BCUT2D eigenvalue weighted by atomic mass is 13.9. The summed E-state index contributed by atoms with van der Waals surface area (Å²) in [5.74, 6) is 0. The van der Waals surface area contributed by atoms with Crippen molar-refractivity contribution >= 4 is 12.2 Å². The Labute approximate surface area is 128 Å². The van der Waals surface area contributed by atoms with E-state index in [1.165, 1.54) is 22.3 Å². The van der Waals surface area contributed by atoms with Gasteiger partial charge >= 0.3 is 0 Å². The van der Waals surface area contributed by atoms with Crippen LogP contribution in [0.15, 0.2) is 72.8 Å². The molecule has 0 radical (unpaired) electrons. The molecule has 0 unspecified atom stereocenters. The molecule has 0 aromatic heterocycles. The first-order chi connectivity index (χ1) is 10.2. The first-order valence-electron chi connectivity index (χ1n) is 7.22. The SMILES string of the molecule is Cc1ccc(C=CC=C[CH+]C=Cc2ccc(C)cc2)cc1. The molecule has 2 aromatic rings. The molecule has 0 amide bonds. The van der Waals surface area contributed by atoms with Crippen LogP contribution in [0.4, 0.5) is 0 Å². The van der Waals surface area contributed by atoms with E-state index in [2.05, 4.69) is 86.7 Å². The molecule has 0 saturated carbocycles. The van der Waals surface area contributed by atoms with Crippen LogP contribution in [0.2, 0.25) is 0 Å². The van der Waals surface area contributed by atoms with Gasteiger partial charge in [-0.15, -0.1) is 0 Å². The Morgan fingerprint density at radius 3 is 1.71 bits per heavy atom. The van der Waals surface area contributed by atoms with E-state index < -0.39 is 0 Å². The molecule has 2 aromatic carbocycles. The fraction of sp³-hybridized carbons (Fsp3) is 0.0952. The average molecular weight is 273 g/mol. The van der Waals surface area contributed by atoms with E-state index in [0.29, 0.717) is 0 Å². The van der Waals surface area contributed by atoms with Crippen molar-refractivity contribution in [2.24, 2.45) is 0 Å². The van der Waals surface area contributed by atoms with Gasteiger partial charge in [-0.05, 0) is 43.7 Å². The molecular formula is C21H21+. The third-order valence-electron chi connectivity index (χ3n) is 3.18. The normalized spacial score (nSPS) is 11.7. The second-order valence-electron chi connectivity index (χ2n) is 5.12. The fourth-order valence-corrected chi connectivity index (χ4v) is 1.88. The van der Waals surface area contributed by atoms with E-state index in [4.69, 9.17) is 0 Å². The molecule has 0 heterocycles. The molecule has 0 aliphatic heterocycles. The molecule has 0 atom stereocenters. The van der Waals surface area contributed by atoms with Crippen molar-refractivity contribution in [3.05, 3.63) is 102 Å². The van der Waals surface area contributed by atoms with Crippen LogP contribution in [0.1, 0.15) is 22.3 Å². The highest BCUT2D eigenvalue weighted by Gasteiger charge is 1.89. The van der Waals surface area contributed by atoms with Crippen molar-refractivity contribution in [3.8, 4) is 0 Å². The first kappa shape index (κ1) is 14.9. The Bertz CT molecular complexity index is 623. The summed E-state index contributed by atoms with van der Waals surface area (Å²) in [6.07, 6.45) is 14.4. The standard InChI is InChI=1S/C21H21/c1-18-10-14-20(15-11-18)8-6-4-3-5-7-9-21-16-12-19(2)13-17-21/h3-17H,1-2H3/q+1. The predicted octanol–water partition coefficient (Wildman–Crippen LogP) is 5.79. The van der Waals surface area contributed by atoms with E-state index >= 15 is 0 Å². The molecule has 0 N–H and O–H groups in total. The number of rotatable bonds is 5. The molecule has 2 rings (SSSR count). The molecule has 0 nitrogen and oxygen atoms in total. The lowest BCUT2D eigenvalue weighted by atomic mass is 10.1. The first-order valence-corrected chi connectivity index (χ1v) is 7.22. The van der Waals surface area contributed by atoms with E-state index in [-0.39, 0.29) is 0 Å². The van der Waals surface area contributed by atoms with Crippen LogP contribution in [0.5, 0.6) is 0 Å². The average Bonchev–Trinajstić information content (AvgIpc) is 2.50. The summed E-state index contributed by atoms with van der Waals surface area (Å²) in [5.41, 5.74) is 5.02. The van der Waals surface area contributed by atoms with Gasteiger partial charge in [0.25, 0.3) is 0 Å². The van der Waals surface area contributed by atoms with Crippen molar-refractivity contribution < 1.29 is 0 Å². The minimum atomic E-state index is 1.22. The van der Waals surface area contributed by atoms with Crippen LogP contribution in [-0.2, 0) is 0 Å². The predicted molar refractivity (Wildman–Crippen MR) is 93.9 cm³/mol. The lowest BCUT2D eigenvalue weighted by molar-refractivity contribution is 1.46. The molecule has 104 valence electrons. The van der Waals surface area contributed by atoms with Crippen molar-refractivity contribution in [3.63, 3.8) is 0 Å². The molecule has 0 heteroatoms. The van der Waals surface area contributed by atoms with Gasteiger partial charge in [0.2, 0.25) is 0 Å². The zero-order chi connectivity index (χ0) is 14.9. The van der Waals surface area contributed by atoms with Gasteiger partial charge in [-0.2, -0.15) is 0 Å². The van der Waals surface area contributed by atoms with Gasteiger partial charge in [0, 0.05) is 36.3 Å². The number of allylic oxidation sites excluding steroid dienone is 4. The summed E-state index contributed by atoms with van der Waals surface area (Å²) in [4.78, 5) is 0. The van der Waals surface area contributed by atoms with Crippen LogP contribution >= 0.6 is 0 Å². The van der Waals surface area contributed by atoms with Crippen molar-refractivity contribution in [1.82, 2.24) is 0 Å². The lowest BCUT2D eigenvalue weighted by Crippen LogP contribution is -1.73. The van der Waals surface area contributed by atoms with Crippen LogP contribution < -0.4 is 0 Å². The Morgan fingerprint density at radius 2 is 1.14 bits per heavy atom. The van der Waals surface area contributed by atoms with Crippen LogP contribution in [0, 0.1) is 20.3 Å². The van der Waals surface area contributed by atoms with Crippen molar-refractivity contribution in [2.45, 2.75) is 13.8 Å². The minimum Gasteiger partial charge on any atom is -0.0587 e. The maximum atomic E-state index is 2.13. The summed E-state index contributed by atoms with van der Waals surface area (Å²) < 4.78 is 0. The smallest absolute Gasteiger partial charge is 0.0473 e. The van der Waals surface area contributed by atoms with Gasteiger partial charge in [0.1, 0.15) is 0 Å². The number of benzene rings is 2. The third kappa shape index (κ3) is 5.58. The zero-order valence-electron chi connectivity index (χ0n) is 12.7. The van der Waals surface area contributed by atoms with Crippen LogP contribution in [0.25, 0.3) is 12.2 Å². The highest BCUT2D eigenvalue weighted by molar-refractivity contribution is 5.53. The number of hydrogen-bond donors (Lipinski definition) is 0. The van der Waals surface area contributed by atoms with Crippen LogP contribution in [0.3, 0.4) is 0 Å². The molecule has 21 heavy (non-hydrogen) atoms. The van der Waals surface area contributed by atoms with Crippen LogP contribution in [-0.4, -0.2) is 0 Å². The maximum Gasteiger partial charge on any atom is 0.0473 e. The van der Waals surface area contributed by atoms with Crippen molar-refractivity contribution in [2.75, 3.05) is 0 Å². The molecule has 0 saturated heterocycles. The van der Waals surface area contributed by atoms with Crippen molar-refractivity contribution in [1.29, 1.82) is 0 Å². The third-order valence-corrected chi connectivity index (χ3v) is 3.18. The molecular weight excluding hydrogens is 252 g/mol. The van der Waals surface area contributed by atoms with E-state index in [9.17, 15) is 0 Å². The second-order valence-corrected chi connectivity index (χ2v) is 5.12. The molecule has 0 aliphatic rings. The van der Waals surface area contributed by atoms with Gasteiger partial charge in [0.05, 0.1) is 0 Å². The Morgan fingerprint density at radius 1 is 0.619 bits per heavy atom. The maximum absolute atomic E-state index is 2.13. The summed E-state index contributed by atoms with van der Waals surface area (Å²) >= 11 is 0. The summed E-state index contributed by atoms with van der Waals surface area (Å²) in [6.45, 7) is 4.20. The molecule has 0 fully saturated rings. The minimum absolute atomic E-state index is 1.22. The largest absolute Gasteiger partial charge is 0.0587 e. The molecule has 0 bridgehead atoms. The van der Waals surface area contributed by atoms with E-state index in [1.54, 1.807) is 0 Å². The van der Waals surface area contributed by atoms with Gasteiger partial charge in [-0.3, -0.25) is 0 Å². The van der Waals surface area contributed by atoms with Gasteiger partial charge in [0.15, 0.2) is 0 Å². The zero-order valence-corrected chi connectivity index (χ0v) is 12.7. The molecule has 0 aliphatic carbocycles. The topological polar surface area (TPSA) is 0 Å². The summed E-state index contributed by atoms with van der Waals surface area (Å²) in [6, 6.07) is 17.0.